The molecule has 0 saturated carbocycles. The molecule has 0 saturated heterocycles. The average Bonchev–Trinajstić information content (AvgIpc) is 3.12. The zero-order valence-corrected chi connectivity index (χ0v) is 17.4. The Balaban J connectivity index is 1.69. The van der Waals surface area contributed by atoms with E-state index >= 15 is 0 Å². The SMILES string of the molecule is Cc1cc(NS(=O)(=O)c2ccc(Cl)cc2Cl)ccc1-c1cnc2ccnn2c1N. The summed E-state index contributed by atoms with van der Waals surface area (Å²) < 4.78 is 29.5. The molecule has 0 spiro atoms. The van der Waals surface area contributed by atoms with Crippen LogP contribution in [-0.4, -0.2) is 23.0 Å². The summed E-state index contributed by atoms with van der Waals surface area (Å²) in [6.45, 7) is 1.86. The minimum atomic E-state index is -3.88. The zero-order valence-electron chi connectivity index (χ0n) is 15.1. The number of benzene rings is 2. The molecule has 0 aliphatic rings. The van der Waals surface area contributed by atoms with Gasteiger partial charge in [-0.05, 0) is 48.4 Å². The van der Waals surface area contributed by atoms with E-state index in [1.807, 2.05) is 6.92 Å². The second-order valence-corrected chi connectivity index (χ2v) is 8.86. The van der Waals surface area contributed by atoms with Gasteiger partial charge >= 0.3 is 0 Å². The van der Waals surface area contributed by atoms with Crippen LogP contribution in [0.25, 0.3) is 16.8 Å². The fourth-order valence-corrected chi connectivity index (χ4v) is 4.85. The van der Waals surface area contributed by atoms with E-state index in [2.05, 4.69) is 14.8 Å². The molecule has 0 amide bonds. The van der Waals surface area contributed by atoms with Gasteiger partial charge in [-0.2, -0.15) is 9.61 Å². The fraction of sp³-hybridized carbons (Fsp3) is 0.0526. The Bertz CT molecular complexity index is 1350. The molecule has 0 aliphatic heterocycles. The number of anilines is 2. The van der Waals surface area contributed by atoms with Crippen LogP contribution in [0.3, 0.4) is 0 Å². The van der Waals surface area contributed by atoms with Gasteiger partial charge in [0.25, 0.3) is 10.0 Å². The van der Waals surface area contributed by atoms with Crippen LogP contribution in [0, 0.1) is 6.92 Å². The summed E-state index contributed by atoms with van der Waals surface area (Å²) in [7, 11) is -3.88. The van der Waals surface area contributed by atoms with Gasteiger partial charge in [-0.1, -0.05) is 29.3 Å². The summed E-state index contributed by atoms with van der Waals surface area (Å²) in [6, 6.07) is 11.1. The molecule has 2 heterocycles. The van der Waals surface area contributed by atoms with Gasteiger partial charge in [0.15, 0.2) is 5.65 Å². The highest BCUT2D eigenvalue weighted by molar-refractivity contribution is 7.92. The summed E-state index contributed by atoms with van der Waals surface area (Å²) in [5.41, 5.74) is 9.61. The lowest BCUT2D eigenvalue weighted by atomic mass is 10.0. The fourth-order valence-electron chi connectivity index (χ4n) is 3.03. The van der Waals surface area contributed by atoms with Crippen LogP contribution in [-0.2, 0) is 10.0 Å². The standard InChI is InChI=1S/C19H15Cl2N5O2S/c1-11-8-13(25-29(27,28)17-5-2-12(20)9-16(17)21)3-4-14(11)15-10-23-18-6-7-24-26(18)19(15)22/h2-10,25H,22H2,1H3. The average molecular weight is 448 g/mol. The van der Waals surface area contributed by atoms with Crippen molar-refractivity contribution in [2.75, 3.05) is 10.5 Å². The maximum atomic E-state index is 12.7. The number of nitrogens with one attached hydrogen (secondary N) is 1. The van der Waals surface area contributed by atoms with E-state index in [4.69, 9.17) is 28.9 Å². The number of aromatic nitrogens is 3. The number of nitrogens with zero attached hydrogens (tertiary/aromatic N) is 3. The molecule has 10 heteroatoms. The molecule has 148 valence electrons. The van der Waals surface area contributed by atoms with Crippen LogP contribution in [0.4, 0.5) is 11.5 Å². The van der Waals surface area contributed by atoms with E-state index in [9.17, 15) is 8.42 Å². The van der Waals surface area contributed by atoms with Crippen LogP contribution in [0.1, 0.15) is 5.56 Å². The minimum absolute atomic E-state index is 0.0460. The van der Waals surface area contributed by atoms with Crippen LogP contribution in [0.2, 0.25) is 10.0 Å². The Morgan fingerprint density at radius 2 is 1.86 bits per heavy atom. The smallest absolute Gasteiger partial charge is 0.263 e. The minimum Gasteiger partial charge on any atom is -0.383 e. The van der Waals surface area contributed by atoms with E-state index in [0.717, 1.165) is 11.1 Å². The summed E-state index contributed by atoms with van der Waals surface area (Å²) in [5, 5.41) is 4.57. The van der Waals surface area contributed by atoms with Gasteiger partial charge in [0.05, 0.1) is 11.2 Å². The first-order valence-corrected chi connectivity index (χ1v) is 10.7. The third-order valence-electron chi connectivity index (χ3n) is 4.41. The van der Waals surface area contributed by atoms with Crippen molar-refractivity contribution in [1.82, 2.24) is 14.6 Å². The molecule has 4 aromatic rings. The molecular formula is C19H15Cl2N5O2S. The predicted octanol–water partition coefficient (Wildman–Crippen LogP) is 4.39. The van der Waals surface area contributed by atoms with Gasteiger partial charge in [-0.25, -0.2) is 13.4 Å². The monoisotopic (exact) mass is 447 g/mol. The zero-order chi connectivity index (χ0) is 20.8. The molecule has 2 aromatic heterocycles. The number of nitrogens with two attached hydrogens (primary N) is 1. The van der Waals surface area contributed by atoms with Gasteiger partial charge in [0.2, 0.25) is 0 Å². The lowest BCUT2D eigenvalue weighted by Gasteiger charge is -2.13. The summed E-state index contributed by atoms with van der Waals surface area (Å²) >= 11 is 11.9. The van der Waals surface area contributed by atoms with Gasteiger partial charge in [0, 0.05) is 28.5 Å². The Morgan fingerprint density at radius 3 is 2.59 bits per heavy atom. The molecule has 0 aliphatic carbocycles. The first-order chi connectivity index (χ1) is 13.8. The Kier molecular flexibility index (Phi) is 4.85. The van der Waals surface area contributed by atoms with Gasteiger partial charge in [-0.15, -0.1) is 0 Å². The van der Waals surface area contributed by atoms with Crippen molar-refractivity contribution in [2.24, 2.45) is 0 Å². The molecule has 0 bridgehead atoms. The largest absolute Gasteiger partial charge is 0.383 e. The van der Waals surface area contributed by atoms with Gasteiger partial charge in [-0.3, -0.25) is 4.72 Å². The van der Waals surface area contributed by atoms with Crippen molar-refractivity contribution in [3.8, 4) is 11.1 Å². The Hall–Kier alpha value is -2.81. The summed E-state index contributed by atoms with van der Waals surface area (Å²) in [5.74, 6) is 0.448. The highest BCUT2D eigenvalue weighted by atomic mass is 35.5. The highest BCUT2D eigenvalue weighted by Gasteiger charge is 2.19. The molecule has 4 rings (SSSR count). The van der Waals surface area contributed by atoms with Gasteiger partial charge in [0.1, 0.15) is 10.7 Å². The van der Waals surface area contributed by atoms with Crippen molar-refractivity contribution in [3.05, 3.63) is 70.5 Å². The maximum Gasteiger partial charge on any atom is 0.263 e. The number of fused-ring (bicyclic) bond motifs is 1. The van der Waals surface area contributed by atoms with Crippen molar-refractivity contribution in [2.45, 2.75) is 11.8 Å². The van der Waals surface area contributed by atoms with Gasteiger partial charge < -0.3 is 5.73 Å². The first kappa shape index (κ1) is 19.5. The number of sulfonamides is 1. The Morgan fingerprint density at radius 1 is 1.07 bits per heavy atom. The maximum absolute atomic E-state index is 12.7. The van der Waals surface area contributed by atoms with Crippen molar-refractivity contribution in [3.63, 3.8) is 0 Å². The van der Waals surface area contributed by atoms with Crippen molar-refractivity contribution < 1.29 is 8.42 Å². The molecule has 0 fully saturated rings. The van der Waals surface area contributed by atoms with Crippen LogP contribution in [0.15, 0.2) is 59.8 Å². The molecule has 0 unspecified atom stereocenters. The molecular weight excluding hydrogens is 433 g/mol. The van der Waals surface area contributed by atoms with Crippen molar-refractivity contribution >= 4 is 50.4 Å². The van der Waals surface area contributed by atoms with E-state index < -0.39 is 10.0 Å². The predicted molar refractivity (Wildman–Crippen MR) is 115 cm³/mol. The molecule has 0 atom stereocenters. The van der Waals surface area contributed by atoms with E-state index in [1.54, 1.807) is 41.2 Å². The number of aryl methyl sites for hydroxylation is 1. The second kappa shape index (κ2) is 7.22. The van der Waals surface area contributed by atoms with Crippen LogP contribution in [0.5, 0.6) is 0 Å². The Labute approximate surface area is 177 Å². The van der Waals surface area contributed by atoms with E-state index in [1.165, 1.54) is 18.2 Å². The third kappa shape index (κ3) is 3.62. The summed E-state index contributed by atoms with van der Waals surface area (Å²) in [6.07, 6.45) is 3.29. The second-order valence-electron chi connectivity index (χ2n) is 6.37. The lowest BCUT2D eigenvalue weighted by molar-refractivity contribution is 0.601. The summed E-state index contributed by atoms with van der Waals surface area (Å²) in [4.78, 5) is 4.29. The lowest BCUT2D eigenvalue weighted by Crippen LogP contribution is -2.13. The van der Waals surface area contributed by atoms with E-state index in [-0.39, 0.29) is 9.92 Å². The third-order valence-corrected chi connectivity index (χ3v) is 6.50. The first-order valence-electron chi connectivity index (χ1n) is 8.43. The molecule has 29 heavy (non-hydrogen) atoms. The quantitative estimate of drug-likeness (QED) is 0.482. The molecule has 2 aromatic carbocycles. The number of halogens is 2. The van der Waals surface area contributed by atoms with Crippen LogP contribution >= 0.6 is 23.2 Å². The number of rotatable bonds is 4. The molecule has 0 radical (unpaired) electrons. The number of hydrogen-bond donors (Lipinski definition) is 2. The molecule has 7 nitrogen and oxygen atoms in total. The van der Waals surface area contributed by atoms with E-state index in [0.29, 0.717) is 27.7 Å². The normalized spacial score (nSPS) is 11.7. The number of nitrogen functional groups attached to an aromatic ring is 1. The van der Waals surface area contributed by atoms with Crippen molar-refractivity contribution in [1.29, 1.82) is 0 Å². The molecule has 3 N–H and O–H groups in total. The van der Waals surface area contributed by atoms with Crippen LogP contribution < -0.4 is 10.5 Å². The highest BCUT2D eigenvalue weighted by Crippen LogP contribution is 2.31. The number of hydrogen-bond acceptors (Lipinski definition) is 5. The topological polar surface area (TPSA) is 102 Å².